The van der Waals surface area contributed by atoms with Crippen LogP contribution in [0.1, 0.15) is 24.5 Å². The quantitative estimate of drug-likeness (QED) is 0.641. The first-order chi connectivity index (χ1) is 9.60. The molecule has 0 aromatic heterocycles. The van der Waals surface area contributed by atoms with Gasteiger partial charge in [0.15, 0.2) is 0 Å². The number of nitrogen functional groups attached to an aromatic ring is 1. The van der Waals surface area contributed by atoms with E-state index >= 15 is 0 Å². The second-order valence-electron chi connectivity index (χ2n) is 4.55. The first-order valence-electron chi connectivity index (χ1n) is 6.51. The van der Waals surface area contributed by atoms with Crippen LogP contribution >= 0.6 is 0 Å². The fourth-order valence-corrected chi connectivity index (χ4v) is 1.94. The van der Waals surface area contributed by atoms with Crippen molar-refractivity contribution in [3.05, 3.63) is 59.4 Å². The van der Waals surface area contributed by atoms with Crippen LogP contribution in [0.25, 0.3) is 0 Å². The zero-order chi connectivity index (χ0) is 14.5. The molecule has 3 N–H and O–H groups in total. The van der Waals surface area contributed by atoms with Gasteiger partial charge in [-0.3, -0.25) is 5.41 Å². The molecule has 4 heteroatoms. The number of hydrogen-bond acceptors (Lipinski definition) is 2. The first kappa shape index (κ1) is 14.1. The molecule has 0 heterocycles. The Morgan fingerprint density at radius 3 is 2.50 bits per heavy atom. The summed E-state index contributed by atoms with van der Waals surface area (Å²) in [5, 5.41) is 7.46. The van der Waals surface area contributed by atoms with Gasteiger partial charge in [-0.1, -0.05) is 25.5 Å². The predicted molar refractivity (Wildman–Crippen MR) is 77.9 cm³/mol. The van der Waals surface area contributed by atoms with E-state index in [0.29, 0.717) is 11.5 Å². The molecule has 20 heavy (non-hydrogen) atoms. The Labute approximate surface area is 117 Å². The molecule has 0 saturated carbocycles. The maximum atomic E-state index is 13.2. The third-order valence-electron chi connectivity index (χ3n) is 2.92. The van der Waals surface area contributed by atoms with Gasteiger partial charge >= 0.3 is 0 Å². The van der Waals surface area contributed by atoms with Crippen molar-refractivity contribution in [2.24, 2.45) is 5.73 Å². The molecule has 0 atom stereocenters. The molecule has 2 aromatic carbocycles. The summed E-state index contributed by atoms with van der Waals surface area (Å²) in [7, 11) is 0. The standard InChI is InChI=1S/C16H17FN2O/c1-2-3-11-4-7-13(8-5-11)20-15-9-6-12(17)10-14(15)16(18)19/h4-10H,2-3H2,1H3,(H3,18,19). The Balaban J connectivity index is 2.23. The summed E-state index contributed by atoms with van der Waals surface area (Å²) in [4.78, 5) is 0. The van der Waals surface area contributed by atoms with E-state index in [1.54, 1.807) is 0 Å². The number of halogens is 1. The van der Waals surface area contributed by atoms with Crippen molar-refractivity contribution in [2.75, 3.05) is 0 Å². The van der Waals surface area contributed by atoms with E-state index in [4.69, 9.17) is 15.9 Å². The van der Waals surface area contributed by atoms with E-state index in [2.05, 4.69) is 6.92 Å². The largest absolute Gasteiger partial charge is 0.457 e. The van der Waals surface area contributed by atoms with Gasteiger partial charge in [0.1, 0.15) is 23.2 Å². The molecule has 0 unspecified atom stereocenters. The second kappa shape index (κ2) is 6.19. The lowest BCUT2D eigenvalue weighted by atomic mass is 10.1. The van der Waals surface area contributed by atoms with Gasteiger partial charge < -0.3 is 10.5 Å². The van der Waals surface area contributed by atoms with E-state index in [-0.39, 0.29) is 11.4 Å². The van der Waals surface area contributed by atoms with Crippen LogP contribution < -0.4 is 10.5 Å². The molecule has 2 aromatic rings. The molecule has 2 rings (SSSR count). The van der Waals surface area contributed by atoms with Gasteiger partial charge in [-0.2, -0.15) is 0 Å². The van der Waals surface area contributed by atoms with Crippen molar-refractivity contribution in [3.8, 4) is 11.5 Å². The van der Waals surface area contributed by atoms with Crippen molar-refractivity contribution in [3.63, 3.8) is 0 Å². The smallest absolute Gasteiger partial charge is 0.138 e. The van der Waals surface area contributed by atoms with Crippen LogP contribution in [-0.4, -0.2) is 5.84 Å². The number of amidine groups is 1. The Hall–Kier alpha value is -2.36. The second-order valence-corrected chi connectivity index (χ2v) is 4.55. The van der Waals surface area contributed by atoms with Crippen LogP contribution in [-0.2, 0) is 6.42 Å². The summed E-state index contributed by atoms with van der Waals surface area (Å²) in [5.74, 6) is 0.351. The third kappa shape index (κ3) is 3.35. The maximum Gasteiger partial charge on any atom is 0.138 e. The highest BCUT2D eigenvalue weighted by molar-refractivity contribution is 5.97. The van der Waals surface area contributed by atoms with Crippen LogP contribution in [0.4, 0.5) is 4.39 Å². The molecule has 0 aliphatic carbocycles. The average molecular weight is 272 g/mol. The minimum atomic E-state index is -0.444. The summed E-state index contributed by atoms with van der Waals surface area (Å²) in [6.07, 6.45) is 2.11. The molecule has 0 bridgehead atoms. The zero-order valence-electron chi connectivity index (χ0n) is 11.3. The Bertz CT molecular complexity index is 608. The lowest BCUT2D eigenvalue weighted by Crippen LogP contribution is -2.12. The normalized spacial score (nSPS) is 10.3. The number of nitrogens with two attached hydrogens (primary N) is 1. The fraction of sp³-hybridized carbons (Fsp3) is 0.188. The molecule has 0 saturated heterocycles. The van der Waals surface area contributed by atoms with Crippen molar-refractivity contribution < 1.29 is 9.13 Å². The highest BCUT2D eigenvalue weighted by atomic mass is 19.1. The van der Waals surface area contributed by atoms with E-state index in [0.717, 1.165) is 12.8 Å². The molecule has 3 nitrogen and oxygen atoms in total. The van der Waals surface area contributed by atoms with Gasteiger partial charge in [0.25, 0.3) is 0 Å². The molecule has 0 aliphatic rings. The highest BCUT2D eigenvalue weighted by Gasteiger charge is 2.09. The number of aryl methyl sites for hydroxylation is 1. The number of ether oxygens (including phenoxy) is 1. The summed E-state index contributed by atoms with van der Waals surface area (Å²) >= 11 is 0. The van der Waals surface area contributed by atoms with Gasteiger partial charge in [0.2, 0.25) is 0 Å². The Morgan fingerprint density at radius 1 is 1.20 bits per heavy atom. The summed E-state index contributed by atoms with van der Waals surface area (Å²) in [6.45, 7) is 2.13. The van der Waals surface area contributed by atoms with Crippen LogP contribution in [0, 0.1) is 11.2 Å². The highest BCUT2D eigenvalue weighted by Crippen LogP contribution is 2.26. The number of hydrogen-bond donors (Lipinski definition) is 2. The summed E-state index contributed by atoms with van der Waals surface area (Å²) in [5.41, 5.74) is 6.93. The van der Waals surface area contributed by atoms with Gasteiger partial charge in [0, 0.05) is 0 Å². The van der Waals surface area contributed by atoms with Crippen molar-refractivity contribution in [1.82, 2.24) is 0 Å². The lowest BCUT2D eigenvalue weighted by molar-refractivity contribution is 0.479. The van der Waals surface area contributed by atoms with Crippen LogP contribution in [0.15, 0.2) is 42.5 Å². The van der Waals surface area contributed by atoms with Gasteiger partial charge in [0.05, 0.1) is 5.56 Å². The molecular weight excluding hydrogens is 255 g/mol. The van der Waals surface area contributed by atoms with Crippen molar-refractivity contribution in [1.29, 1.82) is 5.41 Å². The van der Waals surface area contributed by atoms with Crippen LogP contribution in [0.5, 0.6) is 11.5 Å². The molecule has 0 radical (unpaired) electrons. The van der Waals surface area contributed by atoms with E-state index in [1.165, 1.54) is 23.8 Å². The minimum absolute atomic E-state index is 0.220. The molecule has 0 aliphatic heterocycles. The number of benzene rings is 2. The Kier molecular flexibility index (Phi) is 4.35. The molecular formula is C16H17FN2O. The van der Waals surface area contributed by atoms with E-state index in [9.17, 15) is 4.39 Å². The van der Waals surface area contributed by atoms with E-state index in [1.807, 2.05) is 24.3 Å². The molecule has 0 spiro atoms. The maximum absolute atomic E-state index is 13.2. The summed E-state index contributed by atoms with van der Waals surface area (Å²) < 4.78 is 18.8. The van der Waals surface area contributed by atoms with Crippen molar-refractivity contribution >= 4 is 5.84 Å². The SMILES string of the molecule is CCCc1ccc(Oc2ccc(F)cc2C(=N)N)cc1. The third-order valence-corrected chi connectivity index (χ3v) is 2.92. The summed E-state index contributed by atoms with van der Waals surface area (Å²) in [6, 6.07) is 11.7. The first-order valence-corrected chi connectivity index (χ1v) is 6.51. The average Bonchev–Trinajstić information content (AvgIpc) is 2.43. The number of rotatable bonds is 5. The minimum Gasteiger partial charge on any atom is -0.457 e. The van der Waals surface area contributed by atoms with Gasteiger partial charge in [-0.25, -0.2) is 4.39 Å². The topological polar surface area (TPSA) is 59.1 Å². The molecule has 0 fully saturated rings. The van der Waals surface area contributed by atoms with Crippen LogP contribution in [0.2, 0.25) is 0 Å². The Morgan fingerprint density at radius 2 is 1.90 bits per heavy atom. The zero-order valence-corrected chi connectivity index (χ0v) is 11.3. The predicted octanol–water partition coefficient (Wildman–Crippen LogP) is 3.85. The molecule has 0 amide bonds. The van der Waals surface area contributed by atoms with Crippen LogP contribution in [0.3, 0.4) is 0 Å². The van der Waals surface area contributed by atoms with E-state index < -0.39 is 5.82 Å². The number of nitrogens with one attached hydrogen (secondary N) is 1. The van der Waals surface area contributed by atoms with Gasteiger partial charge in [-0.05, 0) is 42.3 Å². The van der Waals surface area contributed by atoms with Crippen molar-refractivity contribution in [2.45, 2.75) is 19.8 Å². The fourth-order valence-electron chi connectivity index (χ4n) is 1.94. The van der Waals surface area contributed by atoms with Gasteiger partial charge in [-0.15, -0.1) is 0 Å². The monoisotopic (exact) mass is 272 g/mol. The molecule has 104 valence electrons. The lowest BCUT2D eigenvalue weighted by Gasteiger charge is -2.10.